The second kappa shape index (κ2) is 9.47. The van der Waals surface area contributed by atoms with E-state index < -0.39 is 41.4 Å². The second-order valence-electron chi connectivity index (χ2n) is 6.49. The van der Waals surface area contributed by atoms with E-state index in [-0.39, 0.29) is 22.0 Å². The number of hydrogen-bond acceptors (Lipinski definition) is 7. The molecule has 0 radical (unpaired) electrons. The molecule has 12 heteroatoms. The highest BCUT2D eigenvalue weighted by molar-refractivity contribution is 7.14. The number of thiazole rings is 1. The highest BCUT2D eigenvalue weighted by atomic mass is 32.1. The molecule has 0 fully saturated rings. The van der Waals surface area contributed by atoms with Gasteiger partial charge in [-0.1, -0.05) is 0 Å². The van der Waals surface area contributed by atoms with Crippen LogP contribution in [0.4, 0.5) is 13.9 Å². The van der Waals surface area contributed by atoms with Crippen LogP contribution in [0.5, 0.6) is 0 Å². The molecule has 1 aromatic carbocycles. The first-order valence-electron chi connectivity index (χ1n) is 8.98. The molecular formula is C20H16F2N4O5S. The molecule has 0 aliphatic heterocycles. The van der Waals surface area contributed by atoms with Gasteiger partial charge in [-0.25, -0.2) is 23.4 Å². The molecule has 1 N–H and O–H groups in total. The zero-order valence-corrected chi connectivity index (χ0v) is 17.6. The summed E-state index contributed by atoms with van der Waals surface area (Å²) in [4.78, 5) is 51.5. The lowest BCUT2D eigenvalue weighted by Gasteiger charge is -2.04. The van der Waals surface area contributed by atoms with Crippen LogP contribution in [0.2, 0.25) is 0 Å². The van der Waals surface area contributed by atoms with Gasteiger partial charge in [-0.15, -0.1) is 11.3 Å². The van der Waals surface area contributed by atoms with Crippen molar-refractivity contribution in [3.63, 3.8) is 0 Å². The maximum absolute atomic E-state index is 13.8. The molecule has 0 saturated heterocycles. The Morgan fingerprint density at radius 3 is 2.75 bits per heavy atom. The molecule has 32 heavy (non-hydrogen) atoms. The van der Waals surface area contributed by atoms with E-state index in [0.29, 0.717) is 0 Å². The van der Waals surface area contributed by atoms with Crippen LogP contribution in [0.15, 0.2) is 45.4 Å². The Labute approximate surface area is 183 Å². The Bertz CT molecular complexity index is 1340. The summed E-state index contributed by atoms with van der Waals surface area (Å²) in [5.74, 6) is -2.89. The average molecular weight is 462 g/mol. The molecule has 2 heterocycles. The van der Waals surface area contributed by atoms with Gasteiger partial charge in [0.05, 0.1) is 11.3 Å². The topological polar surface area (TPSA) is 112 Å². The van der Waals surface area contributed by atoms with Gasteiger partial charge in [0.1, 0.15) is 11.6 Å². The van der Waals surface area contributed by atoms with Crippen molar-refractivity contribution in [3.05, 3.63) is 73.9 Å². The molecule has 0 unspecified atom stereocenters. The number of hydrogen-bond donors (Lipinski definition) is 1. The molecule has 0 saturated carbocycles. The van der Waals surface area contributed by atoms with Crippen LogP contribution in [-0.2, 0) is 28.4 Å². The molecular weight excluding hydrogens is 446 g/mol. The highest BCUT2D eigenvalue weighted by Gasteiger charge is 2.13. The van der Waals surface area contributed by atoms with Crippen LogP contribution in [0, 0.1) is 11.6 Å². The predicted octanol–water partition coefficient (Wildman–Crippen LogP) is 1.68. The number of nitrogens with one attached hydrogen (secondary N) is 1. The lowest BCUT2D eigenvalue weighted by molar-refractivity contribution is -0.142. The Morgan fingerprint density at radius 1 is 1.25 bits per heavy atom. The number of aryl methyl sites for hydroxylation is 1. The minimum absolute atomic E-state index is 0.0529. The normalized spacial score (nSPS) is 11.0. The van der Waals surface area contributed by atoms with Crippen molar-refractivity contribution in [2.75, 3.05) is 11.9 Å². The minimum Gasteiger partial charge on any atom is -0.452 e. The zero-order valence-electron chi connectivity index (χ0n) is 16.8. The standard InChI is InChI=1S/C20H16F2N4O5S/c1-25-8-11(18(29)26(2)20(25)30)3-6-17(28)31-9-16(27)24-19-23-15(10-32-19)13-7-12(21)4-5-14(13)22/h3-8,10H,9H2,1-2H3,(H,23,24,27)/b6-3+. The first-order chi connectivity index (χ1) is 15.2. The molecule has 0 aliphatic rings. The number of anilines is 1. The van der Waals surface area contributed by atoms with Crippen molar-refractivity contribution in [2.24, 2.45) is 14.1 Å². The quantitative estimate of drug-likeness (QED) is 0.441. The first-order valence-corrected chi connectivity index (χ1v) is 9.86. The van der Waals surface area contributed by atoms with E-state index in [1.165, 1.54) is 36.3 Å². The van der Waals surface area contributed by atoms with Gasteiger partial charge in [-0.2, -0.15) is 0 Å². The largest absolute Gasteiger partial charge is 0.452 e. The monoisotopic (exact) mass is 462 g/mol. The van der Waals surface area contributed by atoms with Crippen LogP contribution in [0.1, 0.15) is 5.56 Å². The van der Waals surface area contributed by atoms with Crippen LogP contribution >= 0.6 is 11.3 Å². The summed E-state index contributed by atoms with van der Waals surface area (Å²) in [5.41, 5.74) is -0.944. The van der Waals surface area contributed by atoms with Crippen molar-refractivity contribution in [1.82, 2.24) is 14.1 Å². The Morgan fingerprint density at radius 2 is 2.00 bits per heavy atom. The fraction of sp³-hybridized carbons (Fsp3) is 0.150. The van der Waals surface area contributed by atoms with Gasteiger partial charge in [0, 0.05) is 37.3 Å². The predicted molar refractivity (Wildman–Crippen MR) is 113 cm³/mol. The fourth-order valence-corrected chi connectivity index (χ4v) is 3.32. The van der Waals surface area contributed by atoms with Crippen molar-refractivity contribution < 1.29 is 23.1 Å². The van der Waals surface area contributed by atoms with E-state index in [1.54, 1.807) is 0 Å². The number of nitrogens with zero attached hydrogens (tertiary/aromatic N) is 3. The average Bonchev–Trinajstić information content (AvgIpc) is 3.22. The molecule has 0 bridgehead atoms. The highest BCUT2D eigenvalue weighted by Crippen LogP contribution is 2.27. The van der Waals surface area contributed by atoms with E-state index in [4.69, 9.17) is 4.74 Å². The first kappa shape index (κ1) is 22.7. The minimum atomic E-state index is -0.891. The third-order valence-electron chi connectivity index (χ3n) is 4.17. The van der Waals surface area contributed by atoms with Crippen molar-refractivity contribution in [3.8, 4) is 11.3 Å². The fourth-order valence-electron chi connectivity index (χ4n) is 2.60. The molecule has 9 nitrogen and oxygen atoms in total. The van der Waals surface area contributed by atoms with E-state index in [9.17, 15) is 28.0 Å². The van der Waals surface area contributed by atoms with Gasteiger partial charge in [-0.3, -0.25) is 19.5 Å². The smallest absolute Gasteiger partial charge is 0.331 e. The van der Waals surface area contributed by atoms with Crippen molar-refractivity contribution in [2.45, 2.75) is 0 Å². The van der Waals surface area contributed by atoms with Crippen molar-refractivity contribution >= 4 is 34.4 Å². The summed E-state index contributed by atoms with van der Waals surface area (Å²) in [6.45, 7) is -0.641. The van der Waals surface area contributed by atoms with Gasteiger partial charge in [0.15, 0.2) is 11.7 Å². The maximum Gasteiger partial charge on any atom is 0.331 e. The van der Waals surface area contributed by atoms with Gasteiger partial charge >= 0.3 is 11.7 Å². The van der Waals surface area contributed by atoms with Crippen LogP contribution in [-0.4, -0.2) is 32.6 Å². The number of aromatic nitrogens is 3. The van der Waals surface area contributed by atoms with Gasteiger partial charge in [0.2, 0.25) is 0 Å². The molecule has 3 aromatic rings. The lowest BCUT2D eigenvalue weighted by Crippen LogP contribution is -2.37. The third kappa shape index (κ3) is 5.21. The Kier molecular flexibility index (Phi) is 6.73. The summed E-state index contributed by atoms with van der Waals surface area (Å²) >= 11 is 0.983. The molecule has 166 valence electrons. The number of halogens is 2. The second-order valence-corrected chi connectivity index (χ2v) is 7.35. The van der Waals surface area contributed by atoms with E-state index >= 15 is 0 Å². The van der Waals surface area contributed by atoms with Crippen LogP contribution in [0.25, 0.3) is 17.3 Å². The van der Waals surface area contributed by atoms with E-state index in [2.05, 4.69) is 10.3 Å². The molecule has 1 amide bonds. The van der Waals surface area contributed by atoms with Crippen LogP contribution in [0.3, 0.4) is 0 Å². The number of benzene rings is 1. The van der Waals surface area contributed by atoms with E-state index in [1.807, 2.05) is 0 Å². The molecule has 0 aliphatic carbocycles. The maximum atomic E-state index is 13.8. The summed E-state index contributed by atoms with van der Waals surface area (Å²) in [5, 5.41) is 3.93. The molecule has 3 rings (SSSR count). The zero-order chi connectivity index (χ0) is 23.4. The third-order valence-corrected chi connectivity index (χ3v) is 4.93. The number of esters is 1. The van der Waals surface area contributed by atoms with Crippen molar-refractivity contribution in [1.29, 1.82) is 0 Å². The van der Waals surface area contributed by atoms with E-state index in [0.717, 1.165) is 40.2 Å². The summed E-state index contributed by atoms with van der Waals surface area (Å²) in [7, 11) is 2.76. The lowest BCUT2D eigenvalue weighted by atomic mass is 10.1. The Balaban J connectivity index is 1.58. The Hall–Kier alpha value is -3.93. The van der Waals surface area contributed by atoms with Gasteiger partial charge < -0.3 is 9.30 Å². The van der Waals surface area contributed by atoms with Crippen LogP contribution < -0.4 is 16.6 Å². The molecule has 0 spiro atoms. The number of carbonyl (C=O) groups excluding carboxylic acids is 2. The van der Waals surface area contributed by atoms with Gasteiger partial charge in [-0.05, 0) is 24.3 Å². The number of rotatable bonds is 6. The number of ether oxygens (including phenoxy) is 1. The SMILES string of the molecule is Cn1cc(/C=C/C(=O)OCC(=O)Nc2nc(-c3cc(F)ccc3F)cs2)c(=O)n(C)c1=O. The summed E-state index contributed by atoms with van der Waals surface area (Å²) < 4.78 is 34.0. The number of amides is 1. The molecule has 2 aromatic heterocycles. The number of carbonyl (C=O) groups is 2. The molecule has 0 atom stereocenters. The summed E-state index contributed by atoms with van der Waals surface area (Å²) in [6, 6.07) is 2.94. The van der Waals surface area contributed by atoms with Gasteiger partial charge in [0.25, 0.3) is 11.5 Å². The summed E-state index contributed by atoms with van der Waals surface area (Å²) in [6.07, 6.45) is 3.38.